The lowest BCUT2D eigenvalue weighted by molar-refractivity contribution is 0.0940. The van der Waals surface area contributed by atoms with Gasteiger partial charge in [-0.25, -0.2) is 0 Å². The number of carbonyl (C=O) groups is 2. The number of nitrogens with one attached hydrogen (secondary N) is 2. The Bertz CT molecular complexity index is 982. The van der Waals surface area contributed by atoms with Gasteiger partial charge in [0.2, 0.25) is 0 Å². The summed E-state index contributed by atoms with van der Waals surface area (Å²) in [7, 11) is 0. The maximum absolute atomic E-state index is 12.8. The molecule has 150 valence electrons. The Hall–Kier alpha value is -2.90. The molecule has 1 saturated heterocycles. The van der Waals surface area contributed by atoms with Crippen molar-refractivity contribution >= 4 is 28.2 Å². The minimum Gasteiger partial charge on any atom is -0.459 e. The van der Waals surface area contributed by atoms with E-state index in [4.69, 9.17) is 4.42 Å². The smallest absolute Gasteiger partial charge is 0.291 e. The summed E-state index contributed by atoms with van der Waals surface area (Å²) in [5, 5.41) is 6.56. The summed E-state index contributed by atoms with van der Waals surface area (Å²) in [6.45, 7) is 4.58. The van der Waals surface area contributed by atoms with Crippen LogP contribution < -0.4 is 10.6 Å². The highest BCUT2D eigenvalue weighted by molar-refractivity contribution is 7.18. The van der Waals surface area contributed by atoms with Crippen LogP contribution in [0, 0.1) is 6.92 Å². The molecule has 0 unspecified atom stereocenters. The predicted molar refractivity (Wildman–Crippen MR) is 113 cm³/mol. The van der Waals surface area contributed by atoms with E-state index in [0.717, 1.165) is 31.6 Å². The highest BCUT2D eigenvalue weighted by atomic mass is 32.1. The van der Waals surface area contributed by atoms with Crippen molar-refractivity contribution in [3.8, 4) is 0 Å². The van der Waals surface area contributed by atoms with Crippen LogP contribution in [-0.4, -0.2) is 35.8 Å². The Morgan fingerprint density at radius 3 is 2.76 bits per heavy atom. The Morgan fingerprint density at radius 1 is 1.17 bits per heavy atom. The molecule has 2 aromatic heterocycles. The maximum Gasteiger partial charge on any atom is 0.291 e. The van der Waals surface area contributed by atoms with Crippen molar-refractivity contribution in [1.29, 1.82) is 0 Å². The molecule has 4 rings (SSSR count). The van der Waals surface area contributed by atoms with E-state index in [0.29, 0.717) is 9.88 Å². The molecule has 0 saturated carbocycles. The first-order valence-corrected chi connectivity index (χ1v) is 10.4. The van der Waals surface area contributed by atoms with Crippen LogP contribution in [0.4, 0.5) is 5.00 Å². The fourth-order valence-corrected chi connectivity index (χ4v) is 4.51. The third kappa shape index (κ3) is 4.75. The lowest BCUT2D eigenvalue weighted by Crippen LogP contribution is -2.36. The molecule has 0 aliphatic carbocycles. The van der Waals surface area contributed by atoms with E-state index in [1.165, 1.54) is 23.2 Å². The number of aryl methyl sites for hydroxylation is 1. The summed E-state index contributed by atoms with van der Waals surface area (Å²) in [4.78, 5) is 27.9. The van der Waals surface area contributed by atoms with Crippen molar-refractivity contribution in [2.75, 3.05) is 18.4 Å². The molecule has 6 nitrogen and oxygen atoms in total. The molecule has 29 heavy (non-hydrogen) atoms. The first-order valence-electron chi connectivity index (χ1n) is 9.61. The summed E-state index contributed by atoms with van der Waals surface area (Å²) in [6.07, 6.45) is 2.39. The summed E-state index contributed by atoms with van der Waals surface area (Å²) in [5.41, 5.74) is 2.13. The highest BCUT2D eigenvalue weighted by Gasteiger charge is 2.25. The second-order valence-electron chi connectivity index (χ2n) is 7.23. The van der Waals surface area contributed by atoms with E-state index >= 15 is 0 Å². The zero-order chi connectivity index (χ0) is 20.2. The van der Waals surface area contributed by atoms with Gasteiger partial charge in [0.15, 0.2) is 5.76 Å². The van der Waals surface area contributed by atoms with Crippen LogP contribution in [-0.2, 0) is 6.54 Å². The summed E-state index contributed by atoms with van der Waals surface area (Å²) in [6, 6.07) is 15.6. The molecule has 1 aliphatic rings. The highest BCUT2D eigenvalue weighted by Crippen LogP contribution is 2.27. The Morgan fingerprint density at radius 2 is 2.00 bits per heavy atom. The van der Waals surface area contributed by atoms with E-state index < -0.39 is 0 Å². The predicted octanol–water partition coefficient (Wildman–Crippen LogP) is 3.91. The van der Waals surface area contributed by atoms with Crippen LogP contribution in [0.1, 0.15) is 37.8 Å². The quantitative estimate of drug-likeness (QED) is 0.647. The largest absolute Gasteiger partial charge is 0.459 e. The van der Waals surface area contributed by atoms with Crippen molar-refractivity contribution in [2.45, 2.75) is 25.9 Å². The van der Waals surface area contributed by atoms with Crippen LogP contribution in [0.15, 0.2) is 59.2 Å². The minimum absolute atomic E-state index is 0.0856. The molecule has 0 bridgehead atoms. The summed E-state index contributed by atoms with van der Waals surface area (Å²) in [5.74, 6) is -0.167. The SMILES string of the molecule is Cc1cc(NC(=O)c2ccco2)sc1C(=O)N[C@H]1CCN(Cc2ccccc2)C1. The average molecular weight is 410 g/mol. The second kappa shape index (κ2) is 8.63. The van der Waals surface area contributed by atoms with E-state index in [1.807, 2.05) is 31.2 Å². The van der Waals surface area contributed by atoms with Crippen molar-refractivity contribution in [3.05, 3.63) is 76.6 Å². The number of likely N-dealkylation sites (tertiary alicyclic amines) is 1. The lowest BCUT2D eigenvalue weighted by atomic mass is 10.2. The third-order valence-electron chi connectivity index (χ3n) is 4.96. The van der Waals surface area contributed by atoms with Crippen LogP contribution in [0.5, 0.6) is 0 Å². The van der Waals surface area contributed by atoms with E-state index in [2.05, 4.69) is 27.7 Å². The molecule has 3 heterocycles. The molecule has 3 aromatic rings. The Balaban J connectivity index is 1.33. The van der Waals surface area contributed by atoms with Crippen molar-refractivity contribution in [1.82, 2.24) is 10.2 Å². The molecule has 2 amide bonds. The van der Waals surface area contributed by atoms with Gasteiger partial charge < -0.3 is 15.1 Å². The van der Waals surface area contributed by atoms with Gasteiger partial charge in [0.1, 0.15) is 0 Å². The molecule has 0 radical (unpaired) electrons. The van der Waals surface area contributed by atoms with Crippen molar-refractivity contribution in [3.63, 3.8) is 0 Å². The number of amides is 2. The molecular weight excluding hydrogens is 386 g/mol. The van der Waals surface area contributed by atoms with Crippen LogP contribution in [0.3, 0.4) is 0 Å². The molecule has 1 atom stereocenters. The number of carbonyl (C=O) groups excluding carboxylic acids is 2. The Kier molecular flexibility index (Phi) is 5.78. The average Bonchev–Trinajstić information content (AvgIpc) is 3.44. The van der Waals surface area contributed by atoms with Gasteiger partial charge in [-0.2, -0.15) is 0 Å². The number of nitrogens with zero attached hydrogens (tertiary/aromatic N) is 1. The van der Waals surface area contributed by atoms with Crippen molar-refractivity contribution in [2.24, 2.45) is 0 Å². The van der Waals surface area contributed by atoms with E-state index in [1.54, 1.807) is 12.1 Å². The van der Waals surface area contributed by atoms with Crippen LogP contribution >= 0.6 is 11.3 Å². The summed E-state index contributed by atoms with van der Waals surface area (Å²) >= 11 is 1.28. The monoisotopic (exact) mass is 409 g/mol. The molecular formula is C22H23N3O3S. The number of anilines is 1. The topological polar surface area (TPSA) is 74.6 Å². The van der Waals surface area contributed by atoms with Gasteiger partial charge >= 0.3 is 0 Å². The number of hydrogen-bond donors (Lipinski definition) is 2. The molecule has 2 N–H and O–H groups in total. The number of benzene rings is 1. The van der Waals surface area contributed by atoms with E-state index in [9.17, 15) is 9.59 Å². The number of thiophene rings is 1. The molecule has 1 aromatic carbocycles. The number of hydrogen-bond acceptors (Lipinski definition) is 5. The summed E-state index contributed by atoms with van der Waals surface area (Å²) < 4.78 is 5.10. The van der Waals surface area contributed by atoms with Crippen LogP contribution in [0.25, 0.3) is 0 Å². The molecule has 1 aliphatic heterocycles. The van der Waals surface area contributed by atoms with Gasteiger partial charge in [0, 0.05) is 25.7 Å². The van der Waals surface area contributed by atoms with E-state index in [-0.39, 0.29) is 23.6 Å². The maximum atomic E-state index is 12.8. The molecule has 1 fully saturated rings. The Labute approximate surface area is 173 Å². The van der Waals surface area contributed by atoms with Crippen LogP contribution in [0.2, 0.25) is 0 Å². The minimum atomic E-state index is -0.324. The van der Waals surface area contributed by atoms with Gasteiger partial charge in [0.05, 0.1) is 16.1 Å². The standard InChI is InChI=1S/C22H23N3O3S/c1-15-12-19(24-21(26)18-8-5-11-28-18)29-20(15)22(27)23-17-9-10-25(14-17)13-16-6-3-2-4-7-16/h2-8,11-12,17H,9-10,13-14H2,1H3,(H,23,27)(H,24,26)/t17-/m0/s1. The van der Waals surface area contributed by atoms with Gasteiger partial charge in [-0.05, 0) is 42.7 Å². The normalized spacial score (nSPS) is 16.7. The van der Waals surface area contributed by atoms with Crippen molar-refractivity contribution < 1.29 is 14.0 Å². The first-order chi connectivity index (χ1) is 14.1. The zero-order valence-electron chi connectivity index (χ0n) is 16.2. The number of furan rings is 1. The van der Waals surface area contributed by atoms with Gasteiger partial charge in [-0.3, -0.25) is 14.5 Å². The molecule has 0 spiro atoms. The third-order valence-corrected chi connectivity index (χ3v) is 6.11. The zero-order valence-corrected chi connectivity index (χ0v) is 17.0. The van der Waals surface area contributed by atoms with Gasteiger partial charge in [0.25, 0.3) is 11.8 Å². The number of rotatable bonds is 6. The fourth-order valence-electron chi connectivity index (χ4n) is 3.54. The lowest BCUT2D eigenvalue weighted by Gasteiger charge is -2.16. The fraction of sp³-hybridized carbons (Fsp3) is 0.273. The first kappa shape index (κ1) is 19.4. The second-order valence-corrected chi connectivity index (χ2v) is 8.29. The molecule has 7 heteroatoms. The van der Waals surface area contributed by atoms with Gasteiger partial charge in [-0.15, -0.1) is 11.3 Å². The van der Waals surface area contributed by atoms with Gasteiger partial charge in [-0.1, -0.05) is 30.3 Å².